The molecule has 2 N–H and O–H groups in total. The Labute approximate surface area is 283 Å². The molecule has 2 aromatic carbocycles. The quantitative estimate of drug-likeness (QED) is 0.216. The number of carbonyl (C=O) groups is 1. The van der Waals surface area contributed by atoms with E-state index in [4.69, 9.17) is 42.6 Å². The Morgan fingerprint density at radius 3 is 2.04 bits per heavy atom. The lowest BCUT2D eigenvalue weighted by Crippen LogP contribution is -2.53. The van der Waals surface area contributed by atoms with Gasteiger partial charge in [-0.25, -0.2) is 9.97 Å². The Morgan fingerprint density at radius 1 is 0.957 bits per heavy atom. The number of hydrogen-bond donors (Lipinski definition) is 2. The van der Waals surface area contributed by atoms with Gasteiger partial charge < -0.3 is 20.1 Å². The molecule has 2 aliphatic rings. The third-order valence-corrected chi connectivity index (χ3v) is 9.22. The van der Waals surface area contributed by atoms with Crippen LogP contribution in [-0.2, 0) is 17.9 Å². The molecule has 1 atom stereocenters. The molecule has 1 unspecified atom stereocenters. The van der Waals surface area contributed by atoms with Crippen LogP contribution in [0, 0.1) is 16.7 Å². The summed E-state index contributed by atoms with van der Waals surface area (Å²) in [7, 11) is 3.12. The maximum atomic E-state index is 11.5. The van der Waals surface area contributed by atoms with Crippen molar-refractivity contribution in [2.75, 3.05) is 33.9 Å². The second-order valence-electron chi connectivity index (χ2n) is 12.0. The number of halogens is 2. The number of nitrogens with zero attached hydrogens (tertiary/aromatic N) is 6. The fourth-order valence-electron chi connectivity index (χ4n) is 6.02. The van der Waals surface area contributed by atoms with Gasteiger partial charge in [-0.2, -0.15) is 5.26 Å². The highest BCUT2D eigenvalue weighted by atomic mass is 35.5. The van der Waals surface area contributed by atoms with E-state index in [0.717, 1.165) is 17.5 Å². The number of carbonyl (C=O) groups excluding carboxylic acids is 1. The minimum absolute atomic E-state index is 0.0812. The highest BCUT2D eigenvalue weighted by Crippen LogP contribution is 2.42. The second kappa shape index (κ2) is 13.8. The number of nitrogens with one attached hydrogen (secondary N) is 2. The van der Waals surface area contributed by atoms with Crippen LogP contribution in [0.15, 0.2) is 48.8 Å². The van der Waals surface area contributed by atoms with Crippen LogP contribution in [-0.4, -0.2) is 70.6 Å². The largest absolute Gasteiger partial charge is 0.480 e. The smallest absolute Gasteiger partial charge is 0.237 e. The van der Waals surface area contributed by atoms with E-state index < -0.39 is 0 Å². The molecule has 11 nitrogen and oxygen atoms in total. The molecule has 2 aromatic heterocycles. The van der Waals surface area contributed by atoms with Gasteiger partial charge in [0.25, 0.3) is 0 Å². The van der Waals surface area contributed by atoms with Gasteiger partial charge in [0.2, 0.25) is 17.7 Å². The zero-order valence-corrected chi connectivity index (χ0v) is 27.8. The van der Waals surface area contributed by atoms with Crippen molar-refractivity contribution < 1.29 is 14.3 Å². The number of benzene rings is 2. The molecule has 2 fully saturated rings. The van der Waals surface area contributed by atoms with Crippen molar-refractivity contribution in [3.63, 3.8) is 0 Å². The predicted molar refractivity (Wildman–Crippen MR) is 179 cm³/mol. The Balaban J connectivity index is 1.23. The van der Waals surface area contributed by atoms with Crippen molar-refractivity contribution in [3.05, 3.63) is 70.2 Å². The predicted octanol–water partition coefficient (Wildman–Crippen LogP) is 5.31. The van der Waals surface area contributed by atoms with Gasteiger partial charge >= 0.3 is 0 Å². The third-order valence-electron chi connectivity index (χ3n) is 8.41. The molecule has 13 heteroatoms. The Morgan fingerprint density at radius 2 is 1.51 bits per heavy atom. The second-order valence-corrected chi connectivity index (χ2v) is 12.8. The minimum atomic E-state index is -0.330. The summed E-state index contributed by atoms with van der Waals surface area (Å²) in [6.07, 6.45) is 4.73. The molecular formula is C34H34Cl2N8O3. The molecule has 0 saturated carbocycles. The Kier molecular flexibility index (Phi) is 9.57. The van der Waals surface area contributed by atoms with Gasteiger partial charge in [-0.3, -0.25) is 19.7 Å². The fraction of sp³-hybridized carbons (Fsp3) is 0.353. The van der Waals surface area contributed by atoms with E-state index in [1.54, 1.807) is 26.6 Å². The number of methoxy groups -OCH3 is 2. The number of rotatable bonds is 11. The summed E-state index contributed by atoms with van der Waals surface area (Å²) in [5, 5.41) is 16.5. The zero-order chi connectivity index (χ0) is 33.1. The van der Waals surface area contributed by atoms with E-state index in [9.17, 15) is 10.1 Å². The lowest BCUT2D eigenvalue weighted by atomic mass is 9.84. The SMILES string of the molecule is COc1nc(-c2cccc(-c3cccc(-c4cnc(CN5CC(C)(C#N)C5)c(OC)n4)c3Cl)c2Cl)cnc1CNCC1CCC(=O)N1. The zero-order valence-electron chi connectivity index (χ0n) is 26.3. The molecule has 4 heterocycles. The van der Waals surface area contributed by atoms with Gasteiger partial charge in [0.05, 0.1) is 59.5 Å². The first-order valence-electron chi connectivity index (χ1n) is 15.2. The maximum Gasteiger partial charge on any atom is 0.237 e. The lowest BCUT2D eigenvalue weighted by Gasteiger charge is -2.43. The molecule has 0 radical (unpaired) electrons. The van der Waals surface area contributed by atoms with Crippen molar-refractivity contribution in [1.82, 2.24) is 35.5 Å². The van der Waals surface area contributed by atoms with Gasteiger partial charge in [-0.1, -0.05) is 59.6 Å². The summed E-state index contributed by atoms with van der Waals surface area (Å²) < 4.78 is 11.2. The number of ether oxygens (including phenoxy) is 2. The molecule has 2 aliphatic heterocycles. The number of likely N-dealkylation sites (tertiary alicyclic amines) is 1. The normalized spacial score (nSPS) is 17.1. The summed E-state index contributed by atoms with van der Waals surface area (Å²) in [6, 6.07) is 13.8. The Hall–Kier alpha value is -4.34. The van der Waals surface area contributed by atoms with Crippen LogP contribution in [0.25, 0.3) is 33.6 Å². The van der Waals surface area contributed by atoms with Crippen molar-refractivity contribution in [2.24, 2.45) is 5.41 Å². The van der Waals surface area contributed by atoms with Crippen LogP contribution in [0.1, 0.15) is 31.2 Å². The Bertz CT molecular complexity index is 1860. The van der Waals surface area contributed by atoms with Gasteiger partial charge in [-0.05, 0) is 13.3 Å². The highest BCUT2D eigenvalue weighted by Gasteiger charge is 2.39. The van der Waals surface area contributed by atoms with Crippen molar-refractivity contribution >= 4 is 29.1 Å². The lowest BCUT2D eigenvalue weighted by molar-refractivity contribution is -0.119. The number of nitriles is 1. The van der Waals surface area contributed by atoms with Gasteiger partial charge in [-0.15, -0.1) is 0 Å². The van der Waals surface area contributed by atoms with E-state index >= 15 is 0 Å². The van der Waals surface area contributed by atoms with Crippen LogP contribution in [0.5, 0.6) is 11.8 Å². The molecule has 1 amide bonds. The van der Waals surface area contributed by atoms with E-state index in [1.165, 1.54) is 0 Å². The first kappa shape index (κ1) is 32.6. The van der Waals surface area contributed by atoms with Crippen molar-refractivity contribution in [3.8, 4) is 51.5 Å². The maximum absolute atomic E-state index is 11.5. The third kappa shape index (κ3) is 6.87. The summed E-state index contributed by atoms with van der Waals surface area (Å²) >= 11 is 14.1. The van der Waals surface area contributed by atoms with Gasteiger partial charge in [0.15, 0.2) is 0 Å². The van der Waals surface area contributed by atoms with Gasteiger partial charge in [0, 0.05) is 67.4 Å². The van der Waals surface area contributed by atoms with E-state index in [2.05, 4.69) is 31.6 Å². The van der Waals surface area contributed by atoms with Gasteiger partial charge in [0.1, 0.15) is 11.4 Å². The summed E-state index contributed by atoms with van der Waals surface area (Å²) in [4.78, 5) is 32.3. The molecule has 6 rings (SSSR count). The number of hydrogen-bond acceptors (Lipinski definition) is 10. The molecule has 0 bridgehead atoms. The van der Waals surface area contributed by atoms with Crippen LogP contribution in [0.3, 0.4) is 0 Å². The molecule has 0 spiro atoms. The molecule has 0 aliphatic carbocycles. The summed E-state index contributed by atoms with van der Waals surface area (Å²) in [5.41, 5.74) is 4.92. The molecular weight excluding hydrogens is 639 g/mol. The summed E-state index contributed by atoms with van der Waals surface area (Å²) in [6.45, 7) is 4.91. The molecule has 4 aromatic rings. The van der Waals surface area contributed by atoms with Crippen LogP contribution >= 0.6 is 23.2 Å². The fourth-order valence-corrected chi connectivity index (χ4v) is 6.67. The summed E-state index contributed by atoms with van der Waals surface area (Å²) in [5.74, 6) is 0.875. The standard InChI is InChI=1S/C34H34Cl2N8O3/c1-34(17-37)18-44(19-34)16-28-33(47-3)43-26(15-40-28)24-9-5-7-22(31(24)36)21-6-4-8-23(30(21)35)25-14-39-27(32(42-25)46-2)13-38-12-20-10-11-29(45)41-20/h4-9,14-15,20,38H,10-13,16,18-19H2,1-3H3,(H,41,45). The first-order valence-corrected chi connectivity index (χ1v) is 16.0. The first-order chi connectivity index (χ1) is 22.7. The van der Waals surface area contributed by atoms with Crippen LogP contribution in [0.2, 0.25) is 10.0 Å². The molecule has 47 heavy (non-hydrogen) atoms. The average Bonchev–Trinajstić information content (AvgIpc) is 3.49. The molecule has 242 valence electrons. The van der Waals surface area contributed by atoms with E-state index in [-0.39, 0.29) is 17.4 Å². The van der Waals surface area contributed by atoms with Crippen molar-refractivity contribution in [1.29, 1.82) is 5.26 Å². The number of amides is 1. The average molecular weight is 674 g/mol. The monoisotopic (exact) mass is 672 g/mol. The van der Waals surface area contributed by atoms with E-state index in [1.807, 2.05) is 43.3 Å². The topological polar surface area (TPSA) is 138 Å². The van der Waals surface area contributed by atoms with E-state index in [0.29, 0.717) is 94.9 Å². The van der Waals surface area contributed by atoms with Crippen molar-refractivity contribution in [2.45, 2.75) is 38.9 Å². The number of aromatic nitrogens is 4. The van der Waals surface area contributed by atoms with Crippen LogP contribution in [0.4, 0.5) is 0 Å². The molecule has 2 saturated heterocycles. The van der Waals surface area contributed by atoms with Crippen LogP contribution < -0.4 is 20.1 Å². The minimum Gasteiger partial charge on any atom is -0.480 e. The highest BCUT2D eigenvalue weighted by molar-refractivity contribution is 6.39.